The fraction of sp³-hybridized carbons (Fsp3) is 0.278. The molecular formula is C18H19N3O5. The summed E-state index contributed by atoms with van der Waals surface area (Å²) in [5.41, 5.74) is 1.26. The van der Waals surface area contributed by atoms with Crippen molar-refractivity contribution in [3.8, 4) is 11.5 Å². The summed E-state index contributed by atoms with van der Waals surface area (Å²) in [5, 5.41) is 16.8. The van der Waals surface area contributed by atoms with Crippen LogP contribution in [0.2, 0.25) is 0 Å². The molecule has 0 fully saturated rings. The molecule has 136 valence electrons. The molecule has 0 saturated heterocycles. The lowest BCUT2D eigenvalue weighted by Gasteiger charge is -2.26. The van der Waals surface area contributed by atoms with Crippen molar-refractivity contribution in [1.82, 2.24) is 5.32 Å². The minimum absolute atomic E-state index is 0.0307. The highest BCUT2D eigenvalue weighted by molar-refractivity contribution is 5.82. The van der Waals surface area contributed by atoms with E-state index in [1.807, 2.05) is 24.3 Å². The van der Waals surface area contributed by atoms with Gasteiger partial charge in [-0.25, -0.2) is 0 Å². The number of para-hydroxylation sites is 1. The predicted molar refractivity (Wildman–Crippen MR) is 95.6 cm³/mol. The van der Waals surface area contributed by atoms with Crippen molar-refractivity contribution in [2.75, 3.05) is 25.6 Å². The maximum atomic E-state index is 12.3. The van der Waals surface area contributed by atoms with Gasteiger partial charge in [0.1, 0.15) is 11.5 Å². The maximum absolute atomic E-state index is 12.3. The Morgan fingerprint density at radius 2 is 2.15 bits per heavy atom. The number of rotatable bonds is 6. The maximum Gasteiger partial charge on any atom is 0.271 e. The zero-order valence-corrected chi connectivity index (χ0v) is 14.2. The lowest BCUT2D eigenvalue weighted by atomic mass is 10.0. The van der Waals surface area contributed by atoms with Gasteiger partial charge in [0.2, 0.25) is 5.91 Å². The number of benzene rings is 2. The molecule has 0 aliphatic carbocycles. The summed E-state index contributed by atoms with van der Waals surface area (Å²) >= 11 is 0. The van der Waals surface area contributed by atoms with E-state index in [1.165, 1.54) is 25.3 Å². The van der Waals surface area contributed by atoms with Crippen LogP contribution < -0.4 is 20.1 Å². The third-order valence-corrected chi connectivity index (χ3v) is 4.13. The molecule has 3 rings (SSSR count). The van der Waals surface area contributed by atoms with Crippen LogP contribution in [0.3, 0.4) is 0 Å². The molecule has 26 heavy (non-hydrogen) atoms. The number of anilines is 1. The van der Waals surface area contributed by atoms with Crippen LogP contribution in [-0.4, -0.2) is 31.1 Å². The summed E-state index contributed by atoms with van der Waals surface area (Å²) in [6, 6.07) is 11.7. The number of nitro groups is 1. The number of carbonyl (C=O) groups is 1. The van der Waals surface area contributed by atoms with E-state index in [9.17, 15) is 14.9 Å². The second-order valence-corrected chi connectivity index (χ2v) is 5.79. The van der Waals surface area contributed by atoms with Crippen molar-refractivity contribution in [2.24, 2.45) is 0 Å². The monoisotopic (exact) mass is 357 g/mol. The topological polar surface area (TPSA) is 103 Å². The van der Waals surface area contributed by atoms with Crippen molar-refractivity contribution >= 4 is 17.3 Å². The summed E-state index contributed by atoms with van der Waals surface area (Å²) in [5.74, 6) is 0.984. The van der Waals surface area contributed by atoms with Crippen LogP contribution >= 0.6 is 0 Å². The van der Waals surface area contributed by atoms with Crippen LogP contribution in [-0.2, 0) is 4.79 Å². The third kappa shape index (κ3) is 3.85. The summed E-state index contributed by atoms with van der Waals surface area (Å²) < 4.78 is 10.8. The Labute approximate surface area is 150 Å². The number of non-ortho nitro benzene ring substituents is 1. The SMILES string of the molecule is COc1ccc([N+](=O)[O-])cc1NCC(=O)NC1CCOc2ccccc21. The van der Waals surface area contributed by atoms with Gasteiger partial charge in [-0.05, 0) is 12.1 Å². The molecule has 2 aromatic rings. The van der Waals surface area contributed by atoms with Gasteiger partial charge in [0.15, 0.2) is 0 Å². The molecule has 0 aromatic heterocycles. The average Bonchev–Trinajstić information content (AvgIpc) is 2.66. The van der Waals surface area contributed by atoms with Crippen molar-refractivity contribution < 1.29 is 19.2 Å². The third-order valence-electron chi connectivity index (χ3n) is 4.13. The second-order valence-electron chi connectivity index (χ2n) is 5.79. The Balaban J connectivity index is 1.65. The van der Waals surface area contributed by atoms with Crippen LogP contribution in [0.25, 0.3) is 0 Å². The molecule has 1 unspecified atom stereocenters. The number of nitrogens with zero attached hydrogens (tertiary/aromatic N) is 1. The lowest BCUT2D eigenvalue weighted by molar-refractivity contribution is -0.384. The summed E-state index contributed by atoms with van der Waals surface area (Å²) in [7, 11) is 1.46. The molecule has 0 spiro atoms. The van der Waals surface area contributed by atoms with E-state index in [4.69, 9.17) is 9.47 Å². The molecule has 2 aromatic carbocycles. The predicted octanol–water partition coefficient (Wildman–Crippen LogP) is 2.66. The van der Waals surface area contributed by atoms with E-state index in [-0.39, 0.29) is 24.2 Å². The van der Waals surface area contributed by atoms with Crippen molar-refractivity contribution in [3.63, 3.8) is 0 Å². The summed E-state index contributed by atoms with van der Waals surface area (Å²) in [4.78, 5) is 22.7. The largest absolute Gasteiger partial charge is 0.495 e. The number of nitro benzene ring substituents is 1. The molecule has 0 saturated carbocycles. The van der Waals surface area contributed by atoms with Crippen LogP contribution in [0.15, 0.2) is 42.5 Å². The smallest absolute Gasteiger partial charge is 0.271 e. The fourth-order valence-electron chi connectivity index (χ4n) is 2.86. The van der Waals surface area contributed by atoms with Gasteiger partial charge in [-0.15, -0.1) is 0 Å². The first kappa shape index (κ1) is 17.5. The van der Waals surface area contributed by atoms with E-state index in [2.05, 4.69) is 10.6 Å². The molecule has 0 bridgehead atoms. The number of hydrogen-bond donors (Lipinski definition) is 2. The first-order valence-electron chi connectivity index (χ1n) is 8.16. The number of nitrogens with one attached hydrogen (secondary N) is 2. The van der Waals surface area contributed by atoms with E-state index < -0.39 is 4.92 Å². The molecule has 1 amide bonds. The number of amides is 1. The number of fused-ring (bicyclic) bond motifs is 1. The molecule has 8 nitrogen and oxygen atoms in total. The highest BCUT2D eigenvalue weighted by Gasteiger charge is 2.22. The highest BCUT2D eigenvalue weighted by atomic mass is 16.6. The fourth-order valence-corrected chi connectivity index (χ4v) is 2.86. The molecule has 8 heteroatoms. The normalized spacial score (nSPS) is 15.3. The first-order chi connectivity index (χ1) is 12.6. The molecular weight excluding hydrogens is 338 g/mol. The van der Waals surface area contributed by atoms with Crippen LogP contribution in [0.4, 0.5) is 11.4 Å². The lowest BCUT2D eigenvalue weighted by Crippen LogP contribution is -2.35. The Morgan fingerprint density at radius 3 is 2.92 bits per heavy atom. The standard InChI is InChI=1S/C18H19N3O5/c1-25-17-7-6-12(21(23)24)10-15(17)19-11-18(22)20-14-8-9-26-16-5-3-2-4-13(14)16/h2-7,10,14,19H,8-9,11H2,1H3,(H,20,22). The average molecular weight is 357 g/mol. The minimum atomic E-state index is -0.496. The van der Waals surface area contributed by atoms with Gasteiger partial charge < -0.3 is 20.1 Å². The van der Waals surface area contributed by atoms with E-state index in [1.54, 1.807) is 0 Å². The van der Waals surface area contributed by atoms with E-state index >= 15 is 0 Å². The Morgan fingerprint density at radius 1 is 1.35 bits per heavy atom. The summed E-state index contributed by atoms with van der Waals surface area (Å²) in [6.45, 7) is 0.505. The molecule has 1 atom stereocenters. The molecule has 1 aliphatic heterocycles. The second kappa shape index (κ2) is 7.73. The zero-order chi connectivity index (χ0) is 18.5. The van der Waals surface area contributed by atoms with Crippen LogP contribution in [0.5, 0.6) is 11.5 Å². The van der Waals surface area contributed by atoms with Gasteiger partial charge in [-0.3, -0.25) is 14.9 Å². The van der Waals surface area contributed by atoms with Gasteiger partial charge in [-0.1, -0.05) is 18.2 Å². The Bertz CT molecular complexity index is 824. The Hall–Kier alpha value is -3.29. The summed E-state index contributed by atoms with van der Waals surface area (Å²) in [6.07, 6.45) is 0.683. The number of ether oxygens (including phenoxy) is 2. The van der Waals surface area contributed by atoms with Gasteiger partial charge in [-0.2, -0.15) is 0 Å². The van der Waals surface area contributed by atoms with Gasteiger partial charge in [0, 0.05) is 24.1 Å². The molecule has 0 radical (unpaired) electrons. The first-order valence-corrected chi connectivity index (χ1v) is 8.16. The number of hydrogen-bond acceptors (Lipinski definition) is 6. The molecule has 1 heterocycles. The van der Waals surface area contributed by atoms with E-state index in [0.717, 1.165) is 11.3 Å². The molecule has 1 aliphatic rings. The van der Waals surface area contributed by atoms with Crippen molar-refractivity contribution in [2.45, 2.75) is 12.5 Å². The van der Waals surface area contributed by atoms with E-state index in [0.29, 0.717) is 24.5 Å². The van der Waals surface area contributed by atoms with Gasteiger partial charge in [0.25, 0.3) is 5.69 Å². The molecule has 2 N–H and O–H groups in total. The van der Waals surface area contributed by atoms with Crippen LogP contribution in [0.1, 0.15) is 18.0 Å². The quantitative estimate of drug-likeness (QED) is 0.609. The number of carbonyl (C=O) groups excluding carboxylic acids is 1. The van der Waals surface area contributed by atoms with Crippen LogP contribution in [0, 0.1) is 10.1 Å². The number of methoxy groups -OCH3 is 1. The van der Waals surface area contributed by atoms with Gasteiger partial charge in [0.05, 0.1) is 36.9 Å². The zero-order valence-electron chi connectivity index (χ0n) is 14.2. The minimum Gasteiger partial charge on any atom is -0.495 e. The van der Waals surface area contributed by atoms with Gasteiger partial charge >= 0.3 is 0 Å². The Kier molecular flexibility index (Phi) is 5.21. The van der Waals surface area contributed by atoms with Crippen molar-refractivity contribution in [1.29, 1.82) is 0 Å². The van der Waals surface area contributed by atoms with Crippen molar-refractivity contribution in [3.05, 3.63) is 58.1 Å². The highest BCUT2D eigenvalue weighted by Crippen LogP contribution is 2.32.